The van der Waals surface area contributed by atoms with Crippen LogP contribution in [-0.4, -0.2) is 11.6 Å². The lowest BCUT2D eigenvalue weighted by atomic mass is 9.87. The molecule has 0 aliphatic heterocycles. The zero-order valence-corrected chi connectivity index (χ0v) is 12.8. The van der Waals surface area contributed by atoms with Crippen molar-refractivity contribution in [3.05, 3.63) is 29.3 Å². The lowest BCUT2D eigenvalue weighted by molar-refractivity contribution is 0.464. The van der Waals surface area contributed by atoms with Gasteiger partial charge in [0.15, 0.2) is 0 Å². The predicted molar refractivity (Wildman–Crippen MR) is 84.1 cm³/mol. The zero-order chi connectivity index (χ0) is 13.9. The van der Waals surface area contributed by atoms with Gasteiger partial charge in [-0.05, 0) is 61.1 Å². The van der Waals surface area contributed by atoms with Gasteiger partial charge in [0, 0.05) is 10.3 Å². The first-order valence-corrected chi connectivity index (χ1v) is 8.07. The van der Waals surface area contributed by atoms with E-state index in [-0.39, 0.29) is 5.41 Å². The highest BCUT2D eigenvalue weighted by atomic mass is 32.2. The molecule has 1 aliphatic carbocycles. The van der Waals surface area contributed by atoms with Gasteiger partial charge in [-0.3, -0.25) is 5.41 Å². The van der Waals surface area contributed by atoms with Crippen molar-refractivity contribution in [3.63, 3.8) is 0 Å². The first-order valence-electron chi connectivity index (χ1n) is 7.08. The van der Waals surface area contributed by atoms with Crippen molar-refractivity contribution in [1.29, 1.82) is 5.41 Å². The Morgan fingerprint density at radius 2 is 2.05 bits per heavy atom. The van der Waals surface area contributed by atoms with E-state index in [1.165, 1.54) is 24.2 Å². The number of rotatable bonds is 6. The molecule has 0 atom stereocenters. The molecule has 104 valence electrons. The highest BCUT2D eigenvalue weighted by Gasteiger charge is 2.20. The van der Waals surface area contributed by atoms with Crippen molar-refractivity contribution in [2.24, 2.45) is 11.1 Å². The van der Waals surface area contributed by atoms with Crippen molar-refractivity contribution in [2.75, 3.05) is 5.75 Å². The lowest BCUT2D eigenvalue weighted by Gasteiger charge is -2.22. The van der Waals surface area contributed by atoms with E-state index in [0.717, 1.165) is 18.6 Å². The summed E-state index contributed by atoms with van der Waals surface area (Å²) in [6.45, 7) is 4.10. The summed E-state index contributed by atoms with van der Waals surface area (Å²) in [6, 6.07) is 6.91. The van der Waals surface area contributed by atoms with E-state index in [0.29, 0.717) is 5.84 Å². The lowest BCUT2D eigenvalue weighted by Crippen LogP contribution is -2.30. The number of amidine groups is 1. The molecule has 1 aromatic carbocycles. The highest BCUT2D eigenvalue weighted by molar-refractivity contribution is 7.99. The van der Waals surface area contributed by atoms with Crippen molar-refractivity contribution >= 4 is 17.6 Å². The van der Waals surface area contributed by atoms with Crippen LogP contribution in [0.1, 0.15) is 44.2 Å². The van der Waals surface area contributed by atoms with Crippen LogP contribution >= 0.6 is 11.8 Å². The van der Waals surface area contributed by atoms with E-state index in [1.54, 1.807) is 11.1 Å². The zero-order valence-electron chi connectivity index (χ0n) is 12.0. The third-order valence-electron chi connectivity index (χ3n) is 4.01. The maximum absolute atomic E-state index is 7.55. The molecule has 2 nitrogen and oxygen atoms in total. The van der Waals surface area contributed by atoms with Crippen molar-refractivity contribution in [3.8, 4) is 0 Å². The van der Waals surface area contributed by atoms with Crippen LogP contribution in [0.25, 0.3) is 0 Å². The smallest absolute Gasteiger partial charge is 0.0963 e. The summed E-state index contributed by atoms with van der Waals surface area (Å²) < 4.78 is 0. The fourth-order valence-electron chi connectivity index (χ4n) is 2.48. The molecule has 0 heterocycles. The fraction of sp³-hybridized carbons (Fsp3) is 0.562. The summed E-state index contributed by atoms with van der Waals surface area (Å²) in [4.78, 5) is 1.39. The number of hydrogen-bond donors (Lipinski definition) is 2. The van der Waals surface area contributed by atoms with Gasteiger partial charge in [-0.2, -0.15) is 0 Å². The van der Waals surface area contributed by atoms with Crippen LogP contribution in [0.4, 0.5) is 0 Å². The second kappa shape index (κ2) is 6.00. The van der Waals surface area contributed by atoms with E-state index in [9.17, 15) is 0 Å². The summed E-state index contributed by atoms with van der Waals surface area (Å²) in [7, 11) is 0. The molecule has 0 fully saturated rings. The molecule has 0 aromatic heterocycles. The molecule has 0 radical (unpaired) electrons. The predicted octanol–water partition coefficient (Wildman–Crippen LogP) is 4.01. The third kappa shape index (κ3) is 3.75. The van der Waals surface area contributed by atoms with E-state index in [1.807, 2.05) is 11.8 Å². The first kappa shape index (κ1) is 14.4. The molecular weight excluding hydrogens is 252 g/mol. The van der Waals surface area contributed by atoms with Crippen LogP contribution < -0.4 is 5.73 Å². The molecule has 0 spiro atoms. The number of fused-ring (bicyclic) bond motifs is 1. The Labute approximate surface area is 120 Å². The topological polar surface area (TPSA) is 49.9 Å². The average molecular weight is 276 g/mol. The maximum atomic E-state index is 7.55. The fourth-order valence-corrected chi connectivity index (χ4v) is 3.39. The van der Waals surface area contributed by atoms with Crippen molar-refractivity contribution in [2.45, 2.75) is 50.8 Å². The molecule has 1 aliphatic rings. The summed E-state index contributed by atoms with van der Waals surface area (Å²) in [6.07, 6.45) is 5.92. The number of hydrogen-bond acceptors (Lipinski definition) is 2. The Bertz CT molecular complexity index is 466. The van der Waals surface area contributed by atoms with Gasteiger partial charge in [0.1, 0.15) is 0 Å². The van der Waals surface area contributed by atoms with E-state index in [2.05, 4.69) is 32.0 Å². The Kier molecular flexibility index (Phi) is 4.56. The van der Waals surface area contributed by atoms with Gasteiger partial charge < -0.3 is 5.73 Å². The quantitative estimate of drug-likeness (QED) is 0.357. The van der Waals surface area contributed by atoms with Crippen LogP contribution in [0, 0.1) is 10.8 Å². The molecule has 3 N–H and O–H groups in total. The van der Waals surface area contributed by atoms with Gasteiger partial charge in [-0.25, -0.2) is 0 Å². The molecule has 0 amide bonds. The van der Waals surface area contributed by atoms with Crippen molar-refractivity contribution < 1.29 is 0 Å². The molecule has 0 saturated carbocycles. The Morgan fingerprint density at radius 3 is 2.79 bits per heavy atom. The second-order valence-electron chi connectivity index (χ2n) is 6.03. The molecule has 2 rings (SSSR count). The van der Waals surface area contributed by atoms with Crippen LogP contribution in [0.5, 0.6) is 0 Å². The minimum Gasteiger partial charge on any atom is -0.387 e. The number of thioether (sulfide) groups is 1. The van der Waals surface area contributed by atoms with E-state index < -0.39 is 0 Å². The standard InChI is InChI=1S/C16H24N2S/c1-16(2,15(17)18)9-4-10-19-14-8-7-12-5-3-6-13(12)11-14/h7-8,11H,3-6,9-10H2,1-2H3,(H3,17,18). The monoisotopic (exact) mass is 276 g/mol. The summed E-state index contributed by atoms with van der Waals surface area (Å²) in [5.41, 5.74) is 8.54. The van der Waals surface area contributed by atoms with Crippen molar-refractivity contribution in [1.82, 2.24) is 0 Å². The van der Waals surface area contributed by atoms with Crippen LogP contribution in [0.3, 0.4) is 0 Å². The van der Waals surface area contributed by atoms with E-state index in [4.69, 9.17) is 11.1 Å². The molecule has 19 heavy (non-hydrogen) atoms. The SMILES string of the molecule is CC(C)(CCCSc1ccc2c(c1)CCC2)C(=N)N. The summed E-state index contributed by atoms with van der Waals surface area (Å²) >= 11 is 1.93. The Balaban J connectivity index is 1.79. The van der Waals surface area contributed by atoms with Crippen LogP contribution in [0.2, 0.25) is 0 Å². The largest absolute Gasteiger partial charge is 0.387 e. The van der Waals surface area contributed by atoms with Crippen LogP contribution in [-0.2, 0) is 12.8 Å². The molecule has 0 saturated heterocycles. The molecular formula is C16H24N2S. The number of nitrogens with two attached hydrogens (primary N) is 1. The molecule has 0 bridgehead atoms. The summed E-state index contributed by atoms with van der Waals surface area (Å²) in [5.74, 6) is 1.41. The van der Waals surface area contributed by atoms with Crippen LogP contribution in [0.15, 0.2) is 23.1 Å². The Morgan fingerprint density at radius 1 is 1.32 bits per heavy atom. The number of benzene rings is 1. The molecule has 1 aromatic rings. The van der Waals surface area contributed by atoms with Gasteiger partial charge >= 0.3 is 0 Å². The van der Waals surface area contributed by atoms with Gasteiger partial charge in [0.2, 0.25) is 0 Å². The van der Waals surface area contributed by atoms with Gasteiger partial charge in [-0.15, -0.1) is 11.8 Å². The second-order valence-corrected chi connectivity index (χ2v) is 7.20. The van der Waals surface area contributed by atoms with Gasteiger partial charge in [0.25, 0.3) is 0 Å². The van der Waals surface area contributed by atoms with E-state index >= 15 is 0 Å². The molecule has 3 heteroatoms. The minimum absolute atomic E-state index is 0.154. The number of aryl methyl sites for hydroxylation is 2. The van der Waals surface area contributed by atoms with Gasteiger partial charge in [-0.1, -0.05) is 19.9 Å². The first-order chi connectivity index (χ1) is 8.99. The normalized spacial score (nSPS) is 14.4. The third-order valence-corrected chi connectivity index (χ3v) is 5.09. The minimum atomic E-state index is -0.154. The maximum Gasteiger partial charge on any atom is 0.0963 e. The summed E-state index contributed by atoms with van der Waals surface area (Å²) in [5, 5.41) is 7.55. The highest BCUT2D eigenvalue weighted by Crippen LogP contribution is 2.29. The Hall–Kier alpha value is -0.960. The van der Waals surface area contributed by atoms with Gasteiger partial charge in [0.05, 0.1) is 5.84 Å². The average Bonchev–Trinajstić information content (AvgIpc) is 2.81. The molecule has 0 unspecified atom stereocenters. The number of nitrogens with one attached hydrogen (secondary N) is 1.